The number of hydrogen-bond donors (Lipinski definition) is 2. The van der Waals surface area contributed by atoms with Gasteiger partial charge in [-0.1, -0.05) is 0 Å². The Bertz CT molecular complexity index is 711. The van der Waals surface area contributed by atoms with Crippen LogP contribution in [0, 0.1) is 0 Å². The molecule has 6 nitrogen and oxygen atoms in total. The molecular formula is C15H17N3O3. The summed E-state index contributed by atoms with van der Waals surface area (Å²) in [4.78, 5) is 16.5. The minimum atomic E-state index is -0.185. The highest BCUT2D eigenvalue weighted by atomic mass is 16.5. The lowest BCUT2D eigenvalue weighted by molar-refractivity contribution is 0.0948. The maximum absolute atomic E-state index is 12.3. The Morgan fingerprint density at radius 3 is 2.71 bits per heavy atom. The molecule has 1 aliphatic rings. The predicted molar refractivity (Wildman–Crippen MR) is 79.7 cm³/mol. The zero-order valence-electron chi connectivity index (χ0n) is 12.0. The number of fused-ring (bicyclic) bond motifs is 1. The number of nitrogens with one attached hydrogen (secondary N) is 1. The first-order valence-corrected chi connectivity index (χ1v) is 6.75. The van der Waals surface area contributed by atoms with E-state index in [1.807, 2.05) is 0 Å². The van der Waals surface area contributed by atoms with Gasteiger partial charge in [0.25, 0.3) is 5.91 Å². The minimum Gasteiger partial charge on any atom is -0.493 e. The van der Waals surface area contributed by atoms with Crippen LogP contribution in [0.3, 0.4) is 0 Å². The van der Waals surface area contributed by atoms with E-state index in [0.29, 0.717) is 28.3 Å². The zero-order valence-corrected chi connectivity index (χ0v) is 12.0. The Balaban J connectivity index is 2.17. The van der Waals surface area contributed by atoms with Gasteiger partial charge in [-0.05, 0) is 25.0 Å². The summed E-state index contributed by atoms with van der Waals surface area (Å²) < 4.78 is 10.6. The van der Waals surface area contributed by atoms with Gasteiger partial charge >= 0.3 is 0 Å². The topological polar surface area (TPSA) is 86.5 Å². The van der Waals surface area contributed by atoms with Gasteiger partial charge < -0.3 is 20.5 Å². The standard InChI is InChI=1S/C15H17N3O3/c1-20-11-7-10-9(12(16)14(11)21-2)5-6-17-13(10)15(19)18-8-3-4-8/h5-8H,3-4,16H2,1-2H3,(H,18,19). The highest BCUT2D eigenvalue weighted by molar-refractivity contribution is 6.09. The molecule has 110 valence electrons. The number of rotatable bonds is 4. The van der Waals surface area contributed by atoms with Gasteiger partial charge in [-0.2, -0.15) is 0 Å². The molecule has 1 aliphatic carbocycles. The summed E-state index contributed by atoms with van der Waals surface area (Å²) in [5.74, 6) is 0.760. The average Bonchev–Trinajstić information content (AvgIpc) is 3.30. The van der Waals surface area contributed by atoms with Crippen molar-refractivity contribution >= 4 is 22.4 Å². The lowest BCUT2D eigenvalue weighted by Gasteiger charge is -2.14. The Hall–Kier alpha value is -2.50. The van der Waals surface area contributed by atoms with Gasteiger partial charge in [-0.3, -0.25) is 9.78 Å². The number of carbonyl (C=O) groups is 1. The third-order valence-corrected chi connectivity index (χ3v) is 3.58. The molecule has 1 heterocycles. The van der Waals surface area contributed by atoms with Crippen LogP contribution in [-0.2, 0) is 0 Å². The van der Waals surface area contributed by atoms with E-state index in [9.17, 15) is 4.79 Å². The Kier molecular flexibility index (Phi) is 3.29. The van der Waals surface area contributed by atoms with Crippen LogP contribution in [0.2, 0.25) is 0 Å². The fourth-order valence-electron chi connectivity index (χ4n) is 2.33. The molecule has 0 spiro atoms. The fraction of sp³-hybridized carbons (Fsp3) is 0.333. The molecule has 1 aromatic carbocycles. The van der Waals surface area contributed by atoms with Crippen molar-refractivity contribution in [1.82, 2.24) is 10.3 Å². The van der Waals surface area contributed by atoms with Gasteiger partial charge in [0.15, 0.2) is 11.5 Å². The normalized spacial score (nSPS) is 14.0. The first-order valence-electron chi connectivity index (χ1n) is 6.75. The number of ether oxygens (including phenoxy) is 2. The number of nitrogens with zero attached hydrogens (tertiary/aromatic N) is 1. The summed E-state index contributed by atoms with van der Waals surface area (Å²) in [6.07, 6.45) is 3.62. The smallest absolute Gasteiger partial charge is 0.270 e. The third kappa shape index (κ3) is 2.33. The van der Waals surface area contributed by atoms with E-state index in [4.69, 9.17) is 15.2 Å². The highest BCUT2D eigenvalue weighted by Crippen LogP contribution is 2.40. The summed E-state index contributed by atoms with van der Waals surface area (Å²) in [5.41, 5.74) is 6.92. The number of nitrogen functional groups attached to an aromatic ring is 1. The zero-order chi connectivity index (χ0) is 15.0. The summed E-state index contributed by atoms with van der Waals surface area (Å²) >= 11 is 0. The molecule has 0 bridgehead atoms. The molecule has 0 saturated heterocycles. The van der Waals surface area contributed by atoms with E-state index in [2.05, 4.69) is 10.3 Å². The maximum Gasteiger partial charge on any atom is 0.270 e. The molecule has 1 saturated carbocycles. The molecule has 1 amide bonds. The van der Waals surface area contributed by atoms with Gasteiger partial charge in [-0.25, -0.2) is 0 Å². The number of aromatic nitrogens is 1. The highest BCUT2D eigenvalue weighted by Gasteiger charge is 2.26. The largest absolute Gasteiger partial charge is 0.493 e. The van der Waals surface area contributed by atoms with Crippen LogP contribution in [0.4, 0.5) is 5.69 Å². The molecule has 2 aromatic rings. The first-order chi connectivity index (χ1) is 10.2. The number of methoxy groups -OCH3 is 2. The average molecular weight is 287 g/mol. The van der Waals surface area contributed by atoms with E-state index in [-0.39, 0.29) is 11.9 Å². The Labute approximate surface area is 122 Å². The molecule has 0 atom stereocenters. The molecular weight excluding hydrogens is 270 g/mol. The van der Waals surface area contributed by atoms with Gasteiger partial charge in [0.05, 0.1) is 19.9 Å². The van der Waals surface area contributed by atoms with Crippen LogP contribution in [-0.4, -0.2) is 31.2 Å². The van der Waals surface area contributed by atoms with Crippen LogP contribution in [0.15, 0.2) is 18.3 Å². The Morgan fingerprint density at radius 1 is 1.33 bits per heavy atom. The number of benzene rings is 1. The molecule has 0 aliphatic heterocycles. The van der Waals surface area contributed by atoms with Crippen molar-refractivity contribution in [3.05, 3.63) is 24.0 Å². The molecule has 21 heavy (non-hydrogen) atoms. The van der Waals surface area contributed by atoms with E-state index in [0.717, 1.165) is 18.2 Å². The number of pyridine rings is 1. The lowest BCUT2D eigenvalue weighted by atomic mass is 10.1. The van der Waals surface area contributed by atoms with E-state index in [1.165, 1.54) is 14.2 Å². The van der Waals surface area contributed by atoms with E-state index in [1.54, 1.807) is 18.3 Å². The number of hydrogen-bond acceptors (Lipinski definition) is 5. The van der Waals surface area contributed by atoms with Crippen molar-refractivity contribution in [2.24, 2.45) is 0 Å². The molecule has 0 unspecified atom stereocenters. The van der Waals surface area contributed by atoms with Crippen molar-refractivity contribution < 1.29 is 14.3 Å². The molecule has 3 rings (SSSR count). The van der Waals surface area contributed by atoms with Crippen molar-refractivity contribution in [3.63, 3.8) is 0 Å². The van der Waals surface area contributed by atoms with Crippen LogP contribution in [0.1, 0.15) is 23.3 Å². The van der Waals surface area contributed by atoms with E-state index < -0.39 is 0 Å². The summed E-state index contributed by atoms with van der Waals surface area (Å²) in [5, 5.41) is 4.32. The predicted octanol–water partition coefficient (Wildman–Crippen LogP) is 1.73. The summed E-state index contributed by atoms with van der Waals surface area (Å²) in [6.45, 7) is 0. The second-order valence-corrected chi connectivity index (χ2v) is 5.03. The van der Waals surface area contributed by atoms with Crippen molar-refractivity contribution in [2.45, 2.75) is 18.9 Å². The lowest BCUT2D eigenvalue weighted by Crippen LogP contribution is -2.26. The number of anilines is 1. The molecule has 1 aromatic heterocycles. The van der Waals surface area contributed by atoms with Crippen LogP contribution < -0.4 is 20.5 Å². The fourth-order valence-corrected chi connectivity index (χ4v) is 2.33. The minimum absolute atomic E-state index is 0.185. The number of nitrogens with two attached hydrogens (primary N) is 1. The number of carbonyl (C=O) groups excluding carboxylic acids is 1. The van der Waals surface area contributed by atoms with Gasteiger partial charge in [0.1, 0.15) is 5.69 Å². The van der Waals surface area contributed by atoms with Gasteiger partial charge in [-0.15, -0.1) is 0 Å². The van der Waals surface area contributed by atoms with Crippen molar-refractivity contribution in [1.29, 1.82) is 0 Å². The first kappa shape index (κ1) is 13.5. The van der Waals surface area contributed by atoms with Crippen molar-refractivity contribution in [2.75, 3.05) is 20.0 Å². The van der Waals surface area contributed by atoms with Crippen molar-refractivity contribution in [3.8, 4) is 11.5 Å². The van der Waals surface area contributed by atoms with E-state index >= 15 is 0 Å². The molecule has 0 radical (unpaired) electrons. The second-order valence-electron chi connectivity index (χ2n) is 5.03. The summed E-state index contributed by atoms with van der Waals surface area (Å²) in [7, 11) is 3.06. The molecule has 3 N–H and O–H groups in total. The SMILES string of the molecule is COc1cc2c(C(=O)NC3CC3)nccc2c(N)c1OC. The van der Waals surface area contributed by atoms with Crippen LogP contribution >= 0.6 is 0 Å². The molecule has 6 heteroatoms. The Morgan fingerprint density at radius 2 is 2.10 bits per heavy atom. The van der Waals surface area contributed by atoms with Crippen LogP contribution in [0.5, 0.6) is 11.5 Å². The summed E-state index contributed by atoms with van der Waals surface area (Å²) in [6, 6.07) is 3.77. The van der Waals surface area contributed by atoms with Gasteiger partial charge in [0.2, 0.25) is 0 Å². The van der Waals surface area contributed by atoms with Crippen LogP contribution in [0.25, 0.3) is 10.8 Å². The monoisotopic (exact) mass is 287 g/mol. The van der Waals surface area contributed by atoms with Gasteiger partial charge in [0, 0.05) is 23.0 Å². The third-order valence-electron chi connectivity index (χ3n) is 3.58. The maximum atomic E-state index is 12.3. The molecule has 1 fully saturated rings. The quantitative estimate of drug-likeness (QED) is 0.836. The number of amides is 1. The second kappa shape index (κ2) is 5.12.